The zero-order valence-corrected chi connectivity index (χ0v) is 23.7. The van der Waals surface area contributed by atoms with E-state index in [9.17, 15) is 32.3 Å². The van der Waals surface area contributed by atoms with Gasteiger partial charge >= 0.3 is 12.3 Å². The average molecular weight is 606 g/mol. The van der Waals surface area contributed by atoms with Crippen LogP contribution < -0.4 is 14.8 Å². The number of alkyl halides is 4. The zero-order valence-electron chi connectivity index (χ0n) is 23.7. The Bertz CT molecular complexity index is 1440. The van der Waals surface area contributed by atoms with Crippen LogP contribution in [0.1, 0.15) is 48.0 Å². The number of benzene rings is 2. The van der Waals surface area contributed by atoms with Gasteiger partial charge in [-0.05, 0) is 56.2 Å². The smallest absolute Gasteiger partial charge is 0.433 e. The highest BCUT2D eigenvalue weighted by Crippen LogP contribution is 2.36. The van der Waals surface area contributed by atoms with Gasteiger partial charge in [0.05, 0.1) is 6.54 Å². The zero-order chi connectivity index (χ0) is 31.4. The first-order valence-corrected chi connectivity index (χ1v) is 13.3. The molecule has 2 heterocycles. The molecule has 13 heteroatoms. The van der Waals surface area contributed by atoms with Crippen LogP contribution in [0.15, 0.2) is 60.7 Å². The van der Waals surface area contributed by atoms with Gasteiger partial charge in [0.1, 0.15) is 30.2 Å². The molecule has 1 saturated heterocycles. The van der Waals surface area contributed by atoms with E-state index in [4.69, 9.17) is 14.2 Å². The van der Waals surface area contributed by atoms with Crippen molar-refractivity contribution in [2.24, 2.45) is 0 Å². The second-order valence-corrected chi connectivity index (χ2v) is 10.9. The highest BCUT2D eigenvalue weighted by atomic mass is 19.4. The van der Waals surface area contributed by atoms with E-state index in [0.717, 1.165) is 16.5 Å². The van der Waals surface area contributed by atoms with Crippen LogP contribution >= 0.6 is 0 Å². The van der Waals surface area contributed by atoms with Crippen molar-refractivity contribution in [2.45, 2.75) is 58.0 Å². The van der Waals surface area contributed by atoms with Crippen LogP contribution in [0.5, 0.6) is 17.4 Å². The van der Waals surface area contributed by atoms with E-state index >= 15 is 0 Å². The molecule has 0 unspecified atom stereocenters. The monoisotopic (exact) mass is 605 g/mol. The number of aromatic nitrogens is 1. The first-order chi connectivity index (χ1) is 20.2. The molecule has 3 aromatic rings. The van der Waals surface area contributed by atoms with E-state index in [0.29, 0.717) is 0 Å². The summed E-state index contributed by atoms with van der Waals surface area (Å²) in [5.74, 6) is -1.13. The molecule has 2 atom stereocenters. The lowest BCUT2D eigenvalue weighted by atomic mass is 10.1. The van der Waals surface area contributed by atoms with Crippen molar-refractivity contribution in [3.05, 3.63) is 83.0 Å². The standard InChI is InChI=1S/C30H31F4N3O6/c1-29(2,3)43-28(40)35-14-19-11-25(30(32,33)34)36-26(12-19)42-24-13-20(27(39)37-15-21(31)22(38)16-37)9-10-23(24)41-17-18-7-5-4-6-8-18/h4-13,21-22,38H,14-17H2,1-3H3,(H,35,40)/t21-,22-/m1/s1. The van der Waals surface area contributed by atoms with Crippen molar-refractivity contribution in [1.29, 1.82) is 0 Å². The van der Waals surface area contributed by atoms with E-state index in [-0.39, 0.29) is 48.9 Å². The number of β-amino-alcohol motifs (C(OH)–C–C–N with tert-alkyl or cyclic N) is 1. The lowest BCUT2D eigenvalue weighted by Gasteiger charge is -2.20. The van der Waals surface area contributed by atoms with Crippen LogP contribution in [0.25, 0.3) is 0 Å². The maximum atomic E-state index is 13.9. The Kier molecular flexibility index (Phi) is 9.43. The van der Waals surface area contributed by atoms with Crippen LogP contribution in [0, 0.1) is 0 Å². The van der Waals surface area contributed by atoms with E-state index in [2.05, 4.69) is 10.3 Å². The van der Waals surface area contributed by atoms with Crippen molar-refractivity contribution in [3.63, 3.8) is 0 Å². The topological polar surface area (TPSA) is 110 Å². The number of aliphatic hydroxyl groups excluding tert-OH is 1. The molecule has 0 saturated carbocycles. The van der Waals surface area contributed by atoms with Crippen LogP contribution in [-0.2, 0) is 24.1 Å². The Morgan fingerprint density at radius 2 is 1.72 bits per heavy atom. The van der Waals surface area contributed by atoms with Gasteiger partial charge in [-0.3, -0.25) is 4.79 Å². The van der Waals surface area contributed by atoms with Gasteiger partial charge in [-0.15, -0.1) is 0 Å². The summed E-state index contributed by atoms with van der Waals surface area (Å²) in [5.41, 5.74) is -1.25. The number of hydrogen-bond donors (Lipinski definition) is 2. The van der Waals surface area contributed by atoms with Crippen LogP contribution in [-0.4, -0.2) is 58.0 Å². The summed E-state index contributed by atoms with van der Waals surface area (Å²) in [6.45, 7) is 4.15. The Balaban J connectivity index is 1.65. The number of carbonyl (C=O) groups excluding carboxylic acids is 2. The minimum Gasteiger partial charge on any atom is -0.485 e. The molecule has 0 radical (unpaired) electrons. The number of amides is 2. The number of rotatable bonds is 8. The molecule has 2 amide bonds. The molecule has 2 aromatic carbocycles. The minimum atomic E-state index is -4.84. The molecule has 0 bridgehead atoms. The van der Waals surface area contributed by atoms with Crippen molar-refractivity contribution in [2.75, 3.05) is 13.1 Å². The first kappa shape index (κ1) is 31.5. The van der Waals surface area contributed by atoms with Gasteiger partial charge in [0, 0.05) is 24.7 Å². The maximum absolute atomic E-state index is 13.9. The summed E-state index contributed by atoms with van der Waals surface area (Å²) < 4.78 is 71.9. The fraction of sp³-hybridized carbons (Fsp3) is 0.367. The normalized spacial score (nSPS) is 17.0. The summed E-state index contributed by atoms with van der Waals surface area (Å²) in [7, 11) is 0. The van der Waals surface area contributed by atoms with Gasteiger partial charge in [0.2, 0.25) is 5.88 Å². The van der Waals surface area contributed by atoms with E-state index in [1.54, 1.807) is 32.9 Å². The third-order valence-corrected chi connectivity index (χ3v) is 6.14. The quantitative estimate of drug-likeness (QED) is 0.319. The summed E-state index contributed by atoms with van der Waals surface area (Å²) in [6.07, 6.45) is -8.60. The predicted molar refractivity (Wildman–Crippen MR) is 146 cm³/mol. The largest absolute Gasteiger partial charge is 0.485 e. The van der Waals surface area contributed by atoms with E-state index in [1.807, 2.05) is 18.2 Å². The first-order valence-electron chi connectivity index (χ1n) is 13.3. The van der Waals surface area contributed by atoms with Gasteiger partial charge in [-0.2, -0.15) is 13.2 Å². The molecule has 1 aromatic heterocycles. The Hall–Kier alpha value is -4.39. The van der Waals surface area contributed by atoms with Crippen LogP contribution in [0.3, 0.4) is 0 Å². The number of hydrogen-bond acceptors (Lipinski definition) is 7. The second kappa shape index (κ2) is 12.9. The number of aliphatic hydroxyl groups is 1. The van der Waals surface area contributed by atoms with Crippen molar-refractivity contribution >= 4 is 12.0 Å². The number of halogens is 4. The third-order valence-electron chi connectivity index (χ3n) is 6.14. The van der Waals surface area contributed by atoms with Gasteiger partial charge in [-0.25, -0.2) is 14.2 Å². The SMILES string of the molecule is CC(C)(C)OC(=O)NCc1cc(Oc2cc(C(=O)N3C[C@@H](O)[C@H](F)C3)ccc2OCc2ccccc2)nc(C(F)(F)F)c1. The Morgan fingerprint density at radius 1 is 1.00 bits per heavy atom. The highest BCUT2D eigenvalue weighted by Gasteiger charge is 2.35. The Morgan fingerprint density at radius 3 is 2.35 bits per heavy atom. The third kappa shape index (κ3) is 8.80. The van der Waals surface area contributed by atoms with Crippen LogP contribution in [0.2, 0.25) is 0 Å². The number of likely N-dealkylation sites (tertiary alicyclic amines) is 1. The molecule has 1 aliphatic heterocycles. The maximum Gasteiger partial charge on any atom is 0.433 e. The van der Waals surface area contributed by atoms with Gasteiger partial charge in [-0.1, -0.05) is 30.3 Å². The summed E-state index contributed by atoms with van der Waals surface area (Å²) in [6, 6.07) is 15.1. The number of pyridine rings is 1. The molecule has 0 spiro atoms. The number of alkyl carbamates (subject to hydrolysis) is 1. The van der Waals surface area contributed by atoms with E-state index in [1.165, 1.54) is 24.3 Å². The molecule has 9 nitrogen and oxygen atoms in total. The Labute approximate surface area is 245 Å². The van der Waals surface area contributed by atoms with E-state index < -0.39 is 47.6 Å². The molecule has 1 fully saturated rings. The van der Waals surface area contributed by atoms with Crippen molar-refractivity contribution in [3.8, 4) is 17.4 Å². The molecule has 230 valence electrons. The molecule has 43 heavy (non-hydrogen) atoms. The summed E-state index contributed by atoms with van der Waals surface area (Å²) in [4.78, 5) is 29.9. The molecule has 1 aliphatic rings. The molecule has 2 N–H and O–H groups in total. The predicted octanol–water partition coefficient (Wildman–Crippen LogP) is 5.65. The molecule has 0 aliphatic carbocycles. The van der Waals surface area contributed by atoms with Gasteiger partial charge in [0.25, 0.3) is 5.91 Å². The minimum absolute atomic E-state index is 0.0159. The molecular weight excluding hydrogens is 574 g/mol. The fourth-order valence-electron chi connectivity index (χ4n) is 4.13. The highest BCUT2D eigenvalue weighted by molar-refractivity contribution is 5.95. The lowest BCUT2D eigenvalue weighted by Crippen LogP contribution is -2.32. The number of ether oxygens (including phenoxy) is 3. The summed E-state index contributed by atoms with van der Waals surface area (Å²) >= 11 is 0. The average Bonchev–Trinajstić information content (AvgIpc) is 3.27. The van der Waals surface area contributed by atoms with Crippen molar-refractivity contribution in [1.82, 2.24) is 15.2 Å². The molecule has 4 rings (SSSR count). The van der Waals surface area contributed by atoms with Crippen molar-refractivity contribution < 1.29 is 46.5 Å². The molecular formula is C30H31F4N3O6. The fourth-order valence-corrected chi connectivity index (χ4v) is 4.13. The number of carbonyl (C=O) groups is 2. The number of nitrogens with one attached hydrogen (secondary N) is 1. The number of nitrogens with zero attached hydrogens (tertiary/aromatic N) is 2. The van der Waals surface area contributed by atoms with Gasteiger partial charge in [0.15, 0.2) is 11.5 Å². The second-order valence-electron chi connectivity index (χ2n) is 10.9. The van der Waals surface area contributed by atoms with Gasteiger partial charge < -0.3 is 29.5 Å². The summed E-state index contributed by atoms with van der Waals surface area (Å²) in [5, 5.41) is 12.1. The van der Waals surface area contributed by atoms with Crippen LogP contribution in [0.4, 0.5) is 22.4 Å². The lowest BCUT2D eigenvalue weighted by molar-refractivity contribution is -0.141.